The highest BCUT2D eigenvalue weighted by molar-refractivity contribution is 6.11. The molecule has 158 valence electrons. The monoisotopic (exact) mass is 427 g/mol. The molecule has 3 aromatic carbocycles. The molecule has 1 unspecified atom stereocenters. The highest BCUT2D eigenvalue weighted by atomic mass is 19.1. The van der Waals surface area contributed by atoms with Crippen LogP contribution in [0, 0.1) is 17.5 Å². The fraction of sp³-hybridized carbons (Fsp3) is 0.0909. The van der Waals surface area contributed by atoms with Gasteiger partial charge in [-0.1, -0.05) is 36.4 Å². The maximum absolute atomic E-state index is 14.5. The summed E-state index contributed by atoms with van der Waals surface area (Å²) in [5.41, 5.74) is -3.10. The van der Waals surface area contributed by atoms with Crippen LogP contribution in [0.25, 0.3) is 0 Å². The van der Waals surface area contributed by atoms with Crippen molar-refractivity contribution < 1.29 is 27.9 Å². The predicted octanol–water partition coefficient (Wildman–Crippen LogP) is 3.62. The number of hydrogen-bond donors (Lipinski definition) is 3. The zero-order valence-corrected chi connectivity index (χ0v) is 15.9. The average Bonchev–Trinajstić information content (AvgIpc) is 2.75. The molecule has 0 radical (unpaired) electrons. The molecular weight excluding hydrogens is 411 g/mol. The Morgan fingerprint density at radius 2 is 1.61 bits per heavy atom. The number of halogens is 3. The fourth-order valence-electron chi connectivity index (χ4n) is 3.43. The first kappa shape index (κ1) is 20.4. The van der Waals surface area contributed by atoms with Crippen LogP contribution in [0.15, 0.2) is 66.7 Å². The lowest BCUT2D eigenvalue weighted by Crippen LogP contribution is -2.62. The maximum Gasteiger partial charge on any atom is 0.329 e. The van der Waals surface area contributed by atoms with Crippen LogP contribution >= 0.6 is 0 Å². The van der Waals surface area contributed by atoms with E-state index in [4.69, 9.17) is 0 Å². The Labute approximate surface area is 174 Å². The molecule has 1 heterocycles. The summed E-state index contributed by atoms with van der Waals surface area (Å²) in [6.07, 6.45) is 0. The second-order valence-corrected chi connectivity index (χ2v) is 6.86. The third-order valence-corrected chi connectivity index (χ3v) is 4.92. The molecule has 4 rings (SSSR count). The van der Waals surface area contributed by atoms with Gasteiger partial charge >= 0.3 is 6.03 Å². The van der Waals surface area contributed by atoms with E-state index in [1.54, 1.807) is 6.07 Å². The molecule has 3 amide bonds. The van der Waals surface area contributed by atoms with Crippen LogP contribution in [0.1, 0.15) is 11.1 Å². The summed E-state index contributed by atoms with van der Waals surface area (Å²) in [6.45, 7) is -0.126. The van der Waals surface area contributed by atoms with Crippen molar-refractivity contribution in [1.29, 1.82) is 0 Å². The normalized spacial score (nSPS) is 17.7. The summed E-state index contributed by atoms with van der Waals surface area (Å²) in [7, 11) is 0. The summed E-state index contributed by atoms with van der Waals surface area (Å²) < 4.78 is 42.2. The van der Waals surface area contributed by atoms with E-state index in [1.807, 2.05) is 0 Å². The van der Waals surface area contributed by atoms with Crippen LogP contribution in [0.5, 0.6) is 0 Å². The van der Waals surface area contributed by atoms with Crippen molar-refractivity contribution >= 4 is 23.3 Å². The van der Waals surface area contributed by atoms with Gasteiger partial charge in [0.1, 0.15) is 23.1 Å². The van der Waals surface area contributed by atoms with Crippen molar-refractivity contribution in [3.05, 3.63) is 95.3 Å². The third kappa shape index (κ3) is 3.49. The SMILES string of the molecule is O=C1Nc2ccccc2C(O)(C(=O)NCc2ccc(F)cc2)N1c1c(F)cccc1F. The number of aliphatic hydroxyl groups is 1. The van der Waals surface area contributed by atoms with Crippen LogP contribution in [-0.4, -0.2) is 17.0 Å². The number of rotatable bonds is 4. The minimum absolute atomic E-state index is 0.0751. The number of carbonyl (C=O) groups excluding carboxylic acids is 2. The van der Waals surface area contributed by atoms with Crippen molar-refractivity contribution in [1.82, 2.24) is 5.32 Å². The van der Waals surface area contributed by atoms with Crippen LogP contribution in [0.2, 0.25) is 0 Å². The van der Waals surface area contributed by atoms with Crippen LogP contribution in [0.4, 0.5) is 29.3 Å². The first-order valence-corrected chi connectivity index (χ1v) is 9.22. The van der Waals surface area contributed by atoms with Gasteiger partial charge in [-0.25, -0.2) is 22.9 Å². The Balaban J connectivity index is 1.79. The van der Waals surface area contributed by atoms with Gasteiger partial charge in [-0.2, -0.15) is 0 Å². The van der Waals surface area contributed by atoms with Crippen LogP contribution < -0.4 is 15.5 Å². The summed E-state index contributed by atoms with van der Waals surface area (Å²) in [4.78, 5) is 26.3. The Morgan fingerprint density at radius 1 is 0.968 bits per heavy atom. The molecule has 0 aromatic heterocycles. The van der Waals surface area contributed by atoms with E-state index in [-0.39, 0.29) is 17.8 Å². The predicted molar refractivity (Wildman–Crippen MR) is 106 cm³/mol. The van der Waals surface area contributed by atoms with Crippen molar-refractivity contribution in [2.24, 2.45) is 0 Å². The maximum atomic E-state index is 14.5. The fourth-order valence-corrected chi connectivity index (χ4v) is 3.43. The molecule has 6 nitrogen and oxygen atoms in total. The minimum Gasteiger partial charge on any atom is -0.359 e. The molecule has 1 atom stereocenters. The third-order valence-electron chi connectivity index (χ3n) is 4.92. The first-order valence-electron chi connectivity index (χ1n) is 9.22. The van der Waals surface area contributed by atoms with Gasteiger partial charge < -0.3 is 15.7 Å². The van der Waals surface area contributed by atoms with Crippen molar-refractivity contribution in [3.63, 3.8) is 0 Å². The lowest BCUT2D eigenvalue weighted by molar-refractivity contribution is -0.140. The van der Waals surface area contributed by atoms with E-state index >= 15 is 0 Å². The van der Waals surface area contributed by atoms with Gasteiger partial charge in [0.05, 0.1) is 5.69 Å². The second kappa shape index (κ2) is 7.77. The highest BCUT2D eigenvalue weighted by Gasteiger charge is 2.53. The average molecular weight is 427 g/mol. The van der Waals surface area contributed by atoms with E-state index in [2.05, 4.69) is 10.6 Å². The second-order valence-electron chi connectivity index (χ2n) is 6.86. The van der Waals surface area contributed by atoms with E-state index in [9.17, 15) is 27.9 Å². The standard InChI is InChI=1S/C22H16F3N3O3/c23-14-10-8-13(9-11-14)12-26-20(29)22(31)15-4-1-2-7-18(15)27-21(30)28(22)19-16(24)5-3-6-17(19)25/h1-11,31H,12H2,(H,26,29)(H,27,30). The Bertz CT molecular complexity index is 1150. The van der Waals surface area contributed by atoms with Gasteiger partial charge in [0.15, 0.2) is 0 Å². The molecule has 0 aliphatic carbocycles. The summed E-state index contributed by atoms with van der Waals surface area (Å²) in [5, 5.41) is 16.4. The lowest BCUT2D eigenvalue weighted by Gasteiger charge is -2.42. The number of urea groups is 1. The number of hydrogen-bond acceptors (Lipinski definition) is 3. The molecule has 1 aliphatic heterocycles. The molecule has 0 saturated heterocycles. The van der Waals surface area contributed by atoms with Gasteiger partial charge in [-0.05, 0) is 35.9 Å². The summed E-state index contributed by atoms with van der Waals surface area (Å²) >= 11 is 0. The molecular formula is C22H16F3N3O3. The van der Waals surface area contributed by atoms with Crippen molar-refractivity contribution in [2.75, 3.05) is 10.2 Å². The molecule has 1 aliphatic rings. The Kier molecular flexibility index (Phi) is 5.12. The number of carbonyl (C=O) groups is 2. The Morgan fingerprint density at radius 3 is 2.29 bits per heavy atom. The topological polar surface area (TPSA) is 81.7 Å². The summed E-state index contributed by atoms with van der Waals surface area (Å²) in [6, 6.07) is 12.9. The van der Waals surface area contributed by atoms with E-state index in [0.29, 0.717) is 10.5 Å². The molecule has 0 bridgehead atoms. The number of amides is 3. The zero-order chi connectivity index (χ0) is 22.2. The lowest BCUT2D eigenvalue weighted by atomic mass is 9.94. The smallest absolute Gasteiger partial charge is 0.329 e. The minimum atomic E-state index is -2.76. The van der Waals surface area contributed by atoms with Crippen LogP contribution in [0.3, 0.4) is 0 Å². The number of anilines is 2. The van der Waals surface area contributed by atoms with Gasteiger partial charge in [-0.3, -0.25) is 4.79 Å². The van der Waals surface area contributed by atoms with Gasteiger partial charge in [0.25, 0.3) is 11.6 Å². The van der Waals surface area contributed by atoms with E-state index in [0.717, 1.165) is 18.2 Å². The number of nitrogens with zero attached hydrogens (tertiary/aromatic N) is 1. The number of nitrogens with one attached hydrogen (secondary N) is 2. The van der Waals surface area contributed by atoms with Gasteiger partial charge in [-0.15, -0.1) is 0 Å². The number of para-hydroxylation sites is 2. The number of benzene rings is 3. The van der Waals surface area contributed by atoms with Gasteiger partial charge in [0, 0.05) is 12.1 Å². The van der Waals surface area contributed by atoms with Crippen molar-refractivity contribution in [2.45, 2.75) is 12.3 Å². The largest absolute Gasteiger partial charge is 0.359 e. The molecule has 3 aromatic rings. The Hall–Kier alpha value is -3.85. The summed E-state index contributed by atoms with van der Waals surface area (Å²) in [5.74, 6) is -3.84. The highest BCUT2D eigenvalue weighted by Crippen LogP contribution is 2.41. The molecule has 0 fully saturated rings. The molecule has 31 heavy (non-hydrogen) atoms. The molecule has 3 N–H and O–H groups in total. The molecule has 0 spiro atoms. The van der Waals surface area contributed by atoms with Gasteiger partial charge in [0.2, 0.25) is 0 Å². The molecule has 0 saturated carbocycles. The molecule has 9 heteroatoms. The first-order chi connectivity index (χ1) is 14.8. The van der Waals surface area contributed by atoms with E-state index in [1.165, 1.54) is 42.5 Å². The van der Waals surface area contributed by atoms with E-state index < -0.39 is 40.8 Å². The quantitative estimate of drug-likeness (QED) is 0.595. The zero-order valence-electron chi connectivity index (χ0n) is 15.9. The number of fused-ring (bicyclic) bond motifs is 1. The van der Waals surface area contributed by atoms with Crippen molar-refractivity contribution in [3.8, 4) is 0 Å². The van der Waals surface area contributed by atoms with Crippen LogP contribution in [-0.2, 0) is 17.1 Å².